The summed E-state index contributed by atoms with van der Waals surface area (Å²) in [6, 6.07) is 6.28. The molecular weight excluding hydrogens is 328 g/mol. The molecule has 5 heteroatoms. The summed E-state index contributed by atoms with van der Waals surface area (Å²) >= 11 is 3.64. The zero-order chi connectivity index (χ0) is 15.3. The molecule has 0 unspecified atom stereocenters. The minimum atomic E-state index is 0.542. The number of fused-ring (bicyclic) bond motifs is 1. The summed E-state index contributed by atoms with van der Waals surface area (Å²) in [5.41, 5.74) is 11.5. The molecule has 3 rings (SSSR count). The van der Waals surface area contributed by atoms with Gasteiger partial charge >= 0.3 is 0 Å². The molecule has 2 heterocycles. The second-order valence-electron chi connectivity index (χ2n) is 5.36. The summed E-state index contributed by atoms with van der Waals surface area (Å²) in [5, 5.41) is 0.937. The van der Waals surface area contributed by atoms with Gasteiger partial charge in [0.05, 0.1) is 11.1 Å². The van der Waals surface area contributed by atoms with Crippen molar-refractivity contribution in [1.29, 1.82) is 0 Å². The summed E-state index contributed by atoms with van der Waals surface area (Å²) in [7, 11) is 0. The highest BCUT2D eigenvalue weighted by Gasteiger charge is 2.18. The standard InChI is InChI=1S/C16H17BrN4/c1-8-5-6-12(17)13(7-8)21-10(3)9(2)14-15(18)19-11(4)20-16(14)21/h5-7H,1-4H3,(H2,18,19,20). The number of rotatable bonds is 1. The number of aromatic nitrogens is 3. The molecule has 1 aromatic carbocycles. The lowest BCUT2D eigenvalue weighted by atomic mass is 10.2. The lowest BCUT2D eigenvalue weighted by Gasteiger charge is -2.11. The monoisotopic (exact) mass is 344 g/mol. The molecule has 0 spiro atoms. The van der Waals surface area contributed by atoms with Gasteiger partial charge in [0.25, 0.3) is 0 Å². The number of nitrogens with two attached hydrogens (primary N) is 1. The van der Waals surface area contributed by atoms with E-state index in [0.29, 0.717) is 11.6 Å². The second-order valence-corrected chi connectivity index (χ2v) is 6.21. The van der Waals surface area contributed by atoms with Crippen molar-refractivity contribution in [2.75, 3.05) is 5.73 Å². The maximum Gasteiger partial charge on any atom is 0.150 e. The van der Waals surface area contributed by atoms with Gasteiger partial charge in [-0.05, 0) is 66.9 Å². The van der Waals surface area contributed by atoms with Crippen LogP contribution < -0.4 is 5.73 Å². The first-order valence-corrected chi connectivity index (χ1v) is 7.57. The van der Waals surface area contributed by atoms with E-state index in [0.717, 1.165) is 32.5 Å². The SMILES string of the molecule is Cc1ccc(Br)c(-n2c(C)c(C)c3c(N)nc(C)nc32)c1. The van der Waals surface area contributed by atoms with Gasteiger partial charge in [0, 0.05) is 10.2 Å². The normalized spacial score (nSPS) is 11.3. The van der Waals surface area contributed by atoms with E-state index in [4.69, 9.17) is 5.73 Å². The number of aryl methyl sites for hydroxylation is 3. The van der Waals surface area contributed by atoms with Gasteiger partial charge in [-0.1, -0.05) is 6.07 Å². The Morgan fingerprint density at radius 2 is 1.81 bits per heavy atom. The predicted molar refractivity (Wildman–Crippen MR) is 89.9 cm³/mol. The Balaban J connectivity index is 2.48. The Hall–Kier alpha value is -1.88. The van der Waals surface area contributed by atoms with Gasteiger partial charge in [-0.25, -0.2) is 9.97 Å². The first-order chi connectivity index (χ1) is 9.90. The van der Waals surface area contributed by atoms with Crippen LogP contribution in [0.2, 0.25) is 0 Å². The van der Waals surface area contributed by atoms with Crippen LogP contribution in [0.5, 0.6) is 0 Å². The summed E-state index contributed by atoms with van der Waals surface area (Å²) in [4.78, 5) is 8.91. The molecule has 0 atom stereocenters. The van der Waals surface area contributed by atoms with Crippen molar-refractivity contribution in [3.05, 3.63) is 45.3 Å². The number of hydrogen-bond donors (Lipinski definition) is 1. The molecule has 0 aliphatic carbocycles. The fourth-order valence-electron chi connectivity index (χ4n) is 2.70. The van der Waals surface area contributed by atoms with Gasteiger partial charge in [-0.3, -0.25) is 4.57 Å². The summed E-state index contributed by atoms with van der Waals surface area (Å²) in [5.74, 6) is 1.23. The largest absolute Gasteiger partial charge is 0.383 e. The molecule has 108 valence electrons. The van der Waals surface area contributed by atoms with Gasteiger partial charge < -0.3 is 5.73 Å². The molecule has 21 heavy (non-hydrogen) atoms. The van der Waals surface area contributed by atoms with Gasteiger partial charge in [0.1, 0.15) is 11.6 Å². The maximum absolute atomic E-state index is 6.11. The van der Waals surface area contributed by atoms with Crippen LogP contribution in [-0.2, 0) is 0 Å². The Labute approximate surface area is 132 Å². The first-order valence-electron chi connectivity index (χ1n) is 6.78. The van der Waals surface area contributed by atoms with Crippen LogP contribution in [0.15, 0.2) is 22.7 Å². The average Bonchev–Trinajstić information content (AvgIpc) is 2.65. The Kier molecular flexibility index (Phi) is 3.24. The molecule has 0 bridgehead atoms. The van der Waals surface area contributed by atoms with Gasteiger partial charge in [-0.2, -0.15) is 0 Å². The highest BCUT2D eigenvalue weighted by molar-refractivity contribution is 9.10. The highest BCUT2D eigenvalue weighted by Crippen LogP contribution is 2.33. The van der Waals surface area contributed by atoms with Crippen LogP contribution in [0.4, 0.5) is 5.82 Å². The van der Waals surface area contributed by atoms with Crippen molar-refractivity contribution in [3.8, 4) is 5.69 Å². The first kappa shape index (κ1) is 14.1. The van der Waals surface area contributed by atoms with E-state index in [1.165, 1.54) is 5.56 Å². The number of hydrogen-bond acceptors (Lipinski definition) is 3. The number of halogens is 1. The third-order valence-corrected chi connectivity index (χ3v) is 4.51. The second kappa shape index (κ2) is 4.84. The molecule has 0 aliphatic heterocycles. The van der Waals surface area contributed by atoms with Crippen molar-refractivity contribution >= 4 is 32.8 Å². The minimum absolute atomic E-state index is 0.542. The van der Waals surface area contributed by atoms with E-state index in [-0.39, 0.29) is 0 Å². The van der Waals surface area contributed by atoms with E-state index in [9.17, 15) is 0 Å². The summed E-state index contributed by atoms with van der Waals surface area (Å²) < 4.78 is 3.18. The van der Waals surface area contributed by atoms with E-state index in [1.807, 2.05) is 6.92 Å². The van der Waals surface area contributed by atoms with Crippen molar-refractivity contribution < 1.29 is 0 Å². The lowest BCUT2D eigenvalue weighted by Crippen LogP contribution is -2.02. The average molecular weight is 345 g/mol. The molecule has 0 saturated heterocycles. The molecule has 0 radical (unpaired) electrons. The number of anilines is 1. The summed E-state index contributed by atoms with van der Waals surface area (Å²) in [6.07, 6.45) is 0. The van der Waals surface area contributed by atoms with Crippen LogP contribution in [0.25, 0.3) is 16.7 Å². The van der Waals surface area contributed by atoms with E-state index in [1.54, 1.807) is 0 Å². The molecule has 0 amide bonds. The van der Waals surface area contributed by atoms with Gasteiger partial charge in [0.15, 0.2) is 5.65 Å². The van der Waals surface area contributed by atoms with Crippen molar-refractivity contribution in [1.82, 2.24) is 14.5 Å². The molecule has 4 nitrogen and oxygen atoms in total. The molecular formula is C16H17BrN4. The Morgan fingerprint density at radius 1 is 1.10 bits per heavy atom. The smallest absolute Gasteiger partial charge is 0.150 e. The van der Waals surface area contributed by atoms with Crippen LogP contribution in [0, 0.1) is 27.7 Å². The zero-order valence-electron chi connectivity index (χ0n) is 12.5. The molecule has 2 N–H and O–H groups in total. The van der Waals surface area contributed by atoms with Crippen LogP contribution in [0.3, 0.4) is 0 Å². The highest BCUT2D eigenvalue weighted by atomic mass is 79.9. The Morgan fingerprint density at radius 3 is 2.52 bits per heavy atom. The van der Waals surface area contributed by atoms with Crippen molar-refractivity contribution in [2.24, 2.45) is 0 Å². The predicted octanol–water partition coefficient (Wildman–Crippen LogP) is 4.00. The zero-order valence-corrected chi connectivity index (χ0v) is 14.1. The van der Waals surface area contributed by atoms with Crippen LogP contribution >= 0.6 is 15.9 Å². The van der Waals surface area contributed by atoms with Crippen molar-refractivity contribution in [2.45, 2.75) is 27.7 Å². The fourth-order valence-corrected chi connectivity index (χ4v) is 3.12. The third kappa shape index (κ3) is 2.12. The molecule has 3 aromatic rings. The van der Waals surface area contributed by atoms with Gasteiger partial charge in [-0.15, -0.1) is 0 Å². The number of nitrogens with zero attached hydrogens (tertiary/aromatic N) is 3. The van der Waals surface area contributed by atoms with E-state index in [2.05, 4.69) is 69.4 Å². The maximum atomic E-state index is 6.11. The minimum Gasteiger partial charge on any atom is -0.383 e. The quantitative estimate of drug-likeness (QED) is 0.725. The fraction of sp³-hybridized carbons (Fsp3) is 0.250. The van der Waals surface area contributed by atoms with E-state index >= 15 is 0 Å². The lowest BCUT2D eigenvalue weighted by molar-refractivity contribution is 0.989. The van der Waals surface area contributed by atoms with Crippen molar-refractivity contribution in [3.63, 3.8) is 0 Å². The van der Waals surface area contributed by atoms with Gasteiger partial charge in [0.2, 0.25) is 0 Å². The Bertz CT molecular complexity index is 865. The van der Waals surface area contributed by atoms with Crippen LogP contribution in [0.1, 0.15) is 22.6 Å². The topological polar surface area (TPSA) is 56.7 Å². The number of benzene rings is 1. The summed E-state index contributed by atoms with van der Waals surface area (Å²) in [6.45, 7) is 8.09. The molecule has 2 aromatic heterocycles. The molecule has 0 aliphatic rings. The van der Waals surface area contributed by atoms with E-state index < -0.39 is 0 Å². The van der Waals surface area contributed by atoms with Crippen LogP contribution in [-0.4, -0.2) is 14.5 Å². The molecule has 0 fully saturated rings. The molecule has 0 saturated carbocycles. The third-order valence-electron chi connectivity index (χ3n) is 3.84. The number of nitrogen functional groups attached to an aromatic ring is 1.